The summed E-state index contributed by atoms with van der Waals surface area (Å²) < 4.78 is 22.7. The molecule has 0 amide bonds. The van der Waals surface area contributed by atoms with Crippen LogP contribution in [0.4, 0.5) is 0 Å². The number of Topliss-reactive ketones (excluding diaryl/α,β-unsaturated/α-hetero) is 1. The van der Waals surface area contributed by atoms with Gasteiger partial charge in [0.15, 0.2) is 15.6 Å². The second kappa shape index (κ2) is 4.86. The molecule has 1 saturated carbocycles. The molecular weight excluding hydrogens is 224 g/mol. The van der Waals surface area contributed by atoms with Gasteiger partial charge in [0, 0.05) is 12.2 Å². The number of hydrogen-bond donors (Lipinski definition) is 0. The maximum Gasteiger partial charge on any atom is 0.157 e. The van der Waals surface area contributed by atoms with Crippen molar-refractivity contribution < 1.29 is 13.2 Å². The van der Waals surface area contributed by atoms with Crippen LogP contribution in [-0.4, -0.2) is 25.7 Å². The molecule has 94 valence electrons. The fraction of sp³-hybridized carbons (Fsp3) is 0.917. The molecule has 3 nitrogen and oxygen atoms in total. The Balaban J connectivity index is 2.74. The van der Waals surface area contributed by atoms with E-state index in [9.17, 15) is 13.2 Å². The molecule has 0 aliphatic heterocycles. The van der Waals surface area contributed by atoms with Crippen LogP contribution in [0.25, 0.3) is 0 Å². The molecule has 3 unspecified atom stereocenters. The molecule has 3 atom stereocenters. The highest BCUT2D eigenvalue weighted by Crippen LogP contribution is 2.34. The van der Waals surface area contributed by atoms with Gasteiger partial charge in [-0.2, -0.15) is 0 Å². The molecule has 0 spiro atoms. The number of rotatable bonds is 3. The van der Waals surface area contributed by atoms with Gasteiger partial charge in [0.25, 0.3) is 0 Å². The van der Waals surface area contributed by atoms with Gasteiger partial charge in [0.1, 0.15) is 5.25 Å². The summed E-state index contributed by atoms with van der Waals surface area (Å²) in [6.07, 6.45) is 3.99. The van der Waals surface area contributed by atoms with Crippen LogP contribution in [0.5, 0.6) is 0 Å². The van der Waals surface area contributed by atoms with Gasteiger partial charge < -0.3 is 0 Å². The number of hydrogen-bond acceptors (Lipinski definition) is 3. The van der Waals surface area contributed by atoms with E-state index < -0.39 is 15.1 Å². The summed E-state index contributed by atoms with van der Waals surface area (Å²) in [5.74, 6) is 0.929. The Morgan fingerprint density at radius 2 is 1.56 bits per heavy atom. The zero-order chi connectivity index (χ0) is 12.5. The minimum absolute atomic E-state index is 0.0523. The van der Waals surface area contributed by atoms with Gasteiger partial charge >= 0.3 is 0 Å². The molecule has 0 radical (unpaired) electrons. The van der Waals surface area contributed by atoms with Gasteiger partial charge in [-0.3, -0.25) is 4.79 Å². The van der Waals surface area contributed by atoms with Crippen LogP contribution in [0.3, 0.4) is 0 Å². The second-order valence-corrected chi connectivity index (χ2v) is 7.85. The van der Waals surface area contributed by atoms with Crippen LogP contribution in [0, 0.1) is 17.8 Å². The first-order valence-electron chi connectivity index (χ1n) is 5.94. The molecule has 16 heavy (non-hydrogen) atoms. The van der Waals surface area contributed by atoms with Crippen molar-refractivity contribution in [3.63, 3.8) is 0 Å². The lowest BCUT2D eigenvalue weighted by molar-refractivity contribution is -0.124. The number of carbonyl (C=O) groups excluding carboxylic acids is 1. The minimum Gasteiger partial charge on any atom is -0.298 e. The third-order valence-electron chi connectivity index (χ3n) is 3.62. The van der Waals surface area contributed by atoms with Gasteiger partial charge in [-0.25, -0.2) is 8.42 Å². The predicted molar refractivity (Wildman–Crippen MR) is 65.0 cm³/mol. The van der Waals surface area contributed by atoms with Gasteiger partial charge in [0.2, 0.25) is 0 Å². The molecule has 0 N–H and O–H groups in total. The van der Waals surface area contributed by atoms with Crippen molar-refractivity contribution >= 4 is 15.6 Å². The lowest BCUT2D eigenvalue weighted by Crippen LogP contribution is -2.35. The topological polar surface area (TPSA) is 51.2 Å². The number of sulfone groups is 1. The lowest BCUT2D eigenvalue weighted by atomic mass is 9.74. The predicted octanol–water partition coefficient (Wildman–Crippen LogP) is 2.06. The molecule has 1 aliphatic carbocycles. The van der Waals surface area contributed by atoms with E-state index in [2.05, 4.69) is 13.8 Å². The molecule has 0 heterocycles. The van der Waals surface area contributed by atoms with Crippen LogP contribution in [0.1, 0.15) is 40.0 Å². The Labute approximate surface area is 98.5 Å². The smallest absolute Gasteiger partial charge is 0.157 e. The highest BCUT2D eigenvalue weighted by molar-refractivity contribution is 7.92. The minimum atomic E-state index is -3.24. The van der Waals surface area contributed by atoms with Crippen molar-refractivity contribution in [2.45, 2.75) is 45.3 Å². The monoisotopic (exact) mass is 246 g/mol. The summed E-state index contributed by atoms with van der Waals surface area (Å²) in [6, 6.07) is 0. The maximum absolute atomic E-state index is 12.1. The van der Waals surface area contributed by atoms with Crippen molar-refractivity contribution in [2.24, 2.45) is 17.8 Å². The van der Waals surface area contributed by atoms with Crippen LogP contribution in [0.2, 0.25) is 0 Å². The zero-order valence-electron chi connectivity index (χ0n) is 10.6. The Morgan fingerprint density at radius 1 is 1.12 bits per heavy atom. The summed E-state index contributed by atoms with van der Waals surface area (Å²) in [7, 11) is -3.24. The lowest BCUT2D eigenvalue weighted by Gasteiger charge is -2.31. The fourth-order valence-corrected chi connectivity index (χ4v) is 3.34. The van der Waals surface area contributed by atoms with Crippen molar-refractivity contribution in [3.05, 3.63) is 0 Å². The standard InChI is InChI=1S/C12H22O3S/c1-8-5-9(2)7-11(6-8)12(13)10(3)16(4,14)15/h8-11H,5-7H2,1-4H3. The first-order chi connectivity index (χ1) is 7.21. The summed E-state index contributed by atoms with van der Waals surface area (Å²) in [4.78, 5) is 12.1. The molecule has 1 aliphatic rings. The van der Waals surface area contributed by atoms with E-state index in [1.807, 2.05) is 0 Å². The van der Waals surface area contributed by atoms with E-state index in [-0.39, 0.29) is 11.7 Å². The molecule has 0 aromatic rings. The van der Waals surface area contributed by atoms with Crippen LogP contribution < -0.4 is 0 Å². The summed E-state index contributed by atoms with van der Waals surface area (Å²) >= 11 is 0. The van der Waals surface area contributed by atoms with Gasteiger partial charge in [-0.1, -0.05) is 13.8 Å². The molecule has 0 saturated heterocycles. The van der Waals surface area contributed by atoms with E-state index in [0.717, 1.165) is 25.5 Å². The largest absolute Gasteiger partial charge is 0.298 e. The van der Waals surface area contributed by atoms with Gasteiger partial charge in [-0.15, -0.1) is 0 Å². The van der Waals surface area contributed by atoms with E-state index in [1.54, 1.807) is 0 Å². The van der Waals surface area contributed by atoms with E-state index in [0.29, 0.717) is 11.8 Å². The van der Waals surface area contributed by atoms with E-state index in [1.165, 1.54) is 6.92 Å². The Bertz CT molecular complexity index is 348. The molecule has 0 aromatic heterocycles. The van der Waals surface area contributed by atoms with Crippen molar-refractivity contribution in [1.82, 2.24) is 0 Å². The summed E-state index contributed by atoms with van der Waals surface area (Å²) in [5, 5.41) is -0.838. The third-order valence-corrected chi connectivity index (χ3v) is 5.14. The quantitative estimate of drug-likeness (QED) is 0.766. The Hall–Kier alpha value is -0.380. The van der Waals surface area contributed by atoms with Crippen molar-refractivity contribution in [2.75, 3.05) is 6.26 Å². The van der Waals surface area contributed by atoms with E-state index in [4.69, 9.17) is 0 Å². The first-order valence-corrected chi connectivity index (χ1v) is 7.89. The van der Waals surface area contributed by atoms with Crippen LogP contribution >= 0.6 is 0 Å². The number of carbonyl (C=O) groups is 1. The average molecular weight is 246 g/mol. The zero-order valence-corrected chi connectivity index (χ0v) is 11.4. The molecule has 4 heteroatoms. The highest BCUT2D eigenvalue weighted by Gasteiger charge is 2.34. The average Bonchev–Trinajstić information content (AvgIpc) is 2.12. The maximum atomic E-state index is 12.1. The number of ketones is 1. The molecule has 1 rings (SSSR count). The molecular formula is C12H22O3S. The molecule has 1 fully saturated rings. The van der Waals surface area contributed by atoms with E-state index >= 15 is 0 Å². The SMILES string of the molecule is CC1CC(C)CC(C(=O)C(C)S(C)(=O)=O)C1. The summed E-state index contributed by atoms with van der Waals surface area (Å²) in [6.45, 7) is 5.80. The van der Waals surface area contributed by atoms with Crippen molar-refractivity contribution in [3.8, 4) is 0 Å². The second-order valence-electron chi connectivity index (χ2n) is 5.49. The normalized spacial score (nSPS) is 33.4. The fourth-order valence-electron chi connectivity index (χ4n) is 2.72. The molecule has 0 aromatic carbocycles. The van der Waals surface area contributed by atoms with Gasteiger partial charge in [0.05, 0.1) is 0 Å². The first kappa shape index (κ1) is 13.7. The van der Waals surface area contributed by atoms with Gasteiger partial charge in [-0.05, 0) is 38.0 Å². The summed E-state index contributed by atoms with van der Waals surface area (Å²) in [5.41, 5.74) is 0. The third kappa shape index (κ3) is 3.30. The molecule has 0 bridgehead atoms. The highest BCUT2D eigenvalue weighted by atomic mass is 32.2. The Morgan fingerprint density at radius 3 is 1.94 bits per heavy atom. The van der Waals surface area contributed by atoms with Crippen molar-refractivity contribution in [1.29, 1.82) is 0 Å². The van der Waals surface area contributed by atoms with Crippen LogP contribution in [-0.2, 0) is 14.6 Å². The Kier molecular flexibility index (Phi) is 4.16. The van der Waals surface area contributed by atoms with Crippen LogP contribution in [0.15, 0.2) is 0 Å².